The topological polar surface area (TPSA) is 130 Å². The van der Waals surface area contributed by atoms with Gasteiger partial charge in [-0.25, -0.2) is 17.4 Å². The van der Waals surface area contributed by atoms with Crippen molar-refractivity contribution in [2.75, 3.05) is 26.4 Å². The normalized spacial score (nSPS) is 15.8. The van der Waals surface area contributed by atoms with Gasteiger partial charge in [0.1, 0.15) is 10.0 Å². The second-order valence-corrected chi connectivity index (χ2v) is 13.5. The molecule has 0 spiro atoms. The van der Waals surface area contributed by atoms with Crippen molar-refractivity contribution in [3.8, 4) is 16.9 Å². The summed E-state index contributed by atoms with van der Waals surface area (Å²) in [7, 11) is -5.08. The van der Waals surface area contributed by atoms with Crippen LogP contribution in [0, 0.1) is 0 Å². The van der Waals surface area contributed by atoms with Gasteiger partial charge in [-0.05, 0) is 30.3 Å². The highest BCUT2D eigenvalue weighted by Crippen LogP contribution is 2.35. The van der Waals surface area contributed by atoms with Gasteiger partial charge in [0, 0.05) is 38.0 Å². The molecule has 0 unspecified atom stereocenters. The van der Waals surface area contributed by atoms with E-state index in [9.17, 15) is 21.6 Å². The van der Waals surface area contributed by atoms with Crippen LogP contribution in [0.5, 0.6) is 0 Å². The summed E-state index contributed by atoms with van der Waals surface area (Å²) < 4.78 is 59.7. The monoisotopic (exact) mass is 578 g/mol. The summed E-state index contributed by atoms with van der Waals surface area (Å²) in [5.41, 5.74) is 2.23. The Bertz CT molecular complexity index is 1610. The maximum absolute atomic E-state index is 13.0. The number of thioether (sulfide) groups is 1. The summed E-state index contributed by atoms with van der Waals surface area (Å²) in [4.78, 5) is 14.4. The van der Waals surface area contributed by atoms with Gasteiger partial charge in [-0.3, -0.25) is 14.2 Å². The molecule has 1 aliphatic rings. The van der Waals surface area contributed by atoms with Crippen molar-refractivity contribution < 1.29 is 26.2 Å². The number of benzene rings is 2. The van der Waals surface area contributed by atoms with Gasteiger partial charge in [0.2, 0.25) is 10.0 Å². The molecule has 10 nitrogen and oxygen atoms in total. The predicted octanol–water partition coefficient (Wildman–Crippen LogP) is 2.88. The Morgan fingerprint density at radius 1 is 1.08 bits per heavy atom. The molecule has 1 fully saturated rings. The van der Waals surface area contributed by atoms with Gasteiger partial charge in [0.05, 0.1) is 21.2 Å². The Kier molecular flexibility index (Phi) is 7.69. The molecule has 2 aromatic carbocycles. The molecule has 37 heavy (non-hydrogen) atoms. The Hall–Kier alpha value is -2.88. The lowest BCUT2D eigenvalue weighted by molar-refractivity contribution is -0.121. The Morgan fingerprint density at radius 2 is 1.78 bits per heavy atom. The first-order chi connectivity index (χ1) is 17.4. The number of nitrogens with zero attached hydrogens (tertiary/aromatic N) is 4. The number of para-hydroxylation sites is 1. The zero-order valence-electron chi connectivity index (χ0n) is 19.7. The molecule has 1 aliphatic heterocycles. The number of carbonyl (C=O) groups is 1. The molecule has 194 valence electrons. The van der Waals surface area contributed by atoms with E-state index in [0.29, 0.717) is 16.8 Å². The van der Waals surface area contributed by atoms with Gasteiger partial charge >= 0.3 is 0 Å². The molecular formula is C23H22N4O6S4. The van der Waals surface area contributed by atoms with Crippen LogP contribution in [0.4, 0.5) is 0 Å². The highest BCUT2D eigenvalue weighted by molar-refractivity contribution is 8.26. The molecule has 1 aromatic heterocycles. The smallest absolute Gasteiger partial charge is 0.266 e. The lowest BCUT2D eigenvalue weighted by Gasteiger charge is -2.12. The van der Waals surface area contributed by atoms with Crippen LogP contribution in [-0.4, -0.2) is 77.0 Å². The second kappa shape index (κ2) is 10.5. The fraction of sp³-hybridized carbons (Fsp3) is 0.174. The van der Waals surface area contributed by atoms with Crippen molar-refractivity contribution in [1.82, 2.24) is 19.0 Å². The van der Waals surface area contributed by atoms with E-state index >= 15 is 0 Å². The summed E-state index contributed by atoms with van der Waals surface area (Å²) in [5, 5.41) is 4.68. The molecule has 0 saturated carbocycles. The van der Waals surface area contributed by atoms with E-state index in [-0.39, 0.29) is 20.7 Å². The van der Waals surface area contributed by atoms with Gasteiger partial charge in [0.15, 0.2) is 0 Å². The molecule has 0 atom stereocenters. The molecule has 1 saturated heterocycles. The summed E-state index contributed by atoms with van der Waals surface area (Å²) in [6.07, 6.45) is 3.30. The summed E-state index contributed by atoms with van der Waals surface area (Å²) >= 11 is 6.25. The molecule has 2 heterocycles. The standard InChI is InChI=1S/C23H22N4O6S4/c1-25(2)37(32,33)19-10-6-7-16(13-19)21-17(15-27(24-21)18-8-4-3-5-9-18)14-20-22(28)26(23(34)35-20)11-12-36(29,30)31/h3-10,13-15H,11-12H2,1-2H3,(H,29,30,31). The summed E-state index contributed by atoms with van der Waals surface area (Å²) in [5.74, 6) is -1.14. The highest BCUT2D eigenvalue weighted by Gasteiger charge is 2.33. The van der Waals surface area contributed by atoms with E-state index in [2.05, 4.69) is 5.10 Å². The third-order valence-electron chi connectivity index (χ3n) is 5.38. The first-order valence-electron chi connectivity index (χ1n) is 10.8. The van der Waals surface area contributed by atoms with Crippen LogP contribution in [0.3, 0.4) is 0 Å². The van der Waals surface area contributed by atoms with Crippen molar-refractivity contribution in [3.63, 3.8) is 0 Å². The average Bonchev–Trinajstić information content (AvgIpc) is 3.38. The minimum atomic E-state index is -4.28. The van der Waals surface area contributed by atoms with Gasteiger partial charge in [0.25, 0.3) is 16.0 Å². The Morgan fingerprint density at radius 3 is 2.43 bits per heavy atom. The van der Waals surface area contributed by atoms with Crippen molar-refractivity contribution in [3.05, 3.63) is 71.3 Å². The fourth-order valence-corrected chi connectivity index (χ4v) is 6.15. The van der Waals surface area contributed by atoms with Crippen LogP contribution in [0.2, 0.25) is 0 Å². The number of hydrogen-bond acceptors (Lipinski definition) is 8. The van der Waals surface area contributed by atoms with E-state index < -0.39 is 31.8 Å². The Balaban J connectivity index is 1.80. The summed E-state index contributed by atoms with van der Waals surface area (Å²) in [6.45, 7) is -0.276. The van der Waals surface area contributed by atoms with Crippen LogP contribution >= 0.6 is 24.0 Å². The third-order valence-corrected chi connectivity index (χ3v) is 9.27. The van der Waals surface area contributed by atoms with E-state index in [1.165, 1.54) is 26.2 Å². The summed E-state index contributed by atoms with van der Waals surface area (Å²) in [6, 6.07) is 15.6. The molecular weight excluding hydrogens is 557 g/mol. The van der Waals surface area contributed by atoms with Crippen molar-refractivity contribution >= 4 is 60.4 Å². The van der Waals surface area contributed by atoms with Crippen LogP contribution in [0.15, 0.2) is 70.6 Å². The predicted molar refractivity (Wildman–Crippen MR) is 146 cm³/mol. The number of carbonyl (C=O) groups excluding carboxylic acids is 1. The first kappa shape index (κ1) is 27.2. The van der Waals surface area contributed by atoms with Gasteiger partial charge in [-0.15, -0.1) is 0 Å². The zero-order chi connectivity index (χ0) is 27.0. The van der Waals surface area contributed by atoms with E-state index in [0.717, 1.165) is 26.7 Å². The number of amides is 1. The molecule has 1 N–H and O–H groups in total. The number of thiocarbonyl (C=S) groups is 1. The maximum Gasteiger partial charge on any atom is 0.266 e. The van der Waals surface area contributed by atoms with Crippen LogP contribution < -0.4 is 0 Å². The van der Waals surface area contributed by atoms with Gasteiger partial charge in [-0.2, -0.15) is 13.5 Å². The van der Waals surface area contributed by atoms with Gasteiger partial charge in [-0.1, -0.05) is 54.3 Å². The highest BCUT2D eigenvalue weighted by atomic mass is 32.2. The fourth-order valence-electron chi connectivity index (χ4n) is 3.49. The Labute approximate surface area is 224 Å². The molecule has 14 heteroatoms. The van der Waals surface area contributed by atoms with Crippen LogP contribution in [0.25, 0.3) is 23.0 Å². The number of sulfonamides is 1. The van der Waals surface area contributed by atoms with E-state index in [1.807, 2.05) is 30.3 Å². The molecule has 0 radical (unpaired) electrons. The first-order valence-corrected chi connectivity index (χ1v) is 15.0. The third kappa shape index (κ3) is 6.00. The number of hydrogen-bond donors (Lipinski definition) is 1. The maximum atomic E-state index is 13.0. The van der Waals surface area contributed by atoms with Crippen LogP contribution in [0.1, 0.15) is 5.56 Å². The van der Waals surface area contributed by atoms with E-state index in [4.69, 9.17) is 16.8 Å². The number of aromatic nitrogens is 2. The lowest BCUT2D eigenvalue weighted by atomic mass is 10.1. The van der Waals surface area contributed by atoms with Crippen LogP contribution in [-0.2, 0) is 24.9 Å². The molecule has 0 bridgehead atoms. The van der Waals surface area contributed by atoms with Crippen molar-refractivity contribution in [1.29, 1.82) is 0 Å². The van der Waals surface area contributed by atoms with Crippen molar-refractivity contribution in [2.24, 2.45) is 0 Å². The molecule has 3 aromatic rings. The van der Waals surface area contributed by atoms with Crippen molar-refractivity contribution in [2.45, 2.75) is 4.90 Å². The van der Waals surface area contributed by atoms with E-state index in [1.54, 1.807) is 29.1 Å². The zero-order valence-corrected chi connectivity index (χ0v) is 22.9. The van der Waals surface area contributed by atoms with Gasteiger partial charge < -0.3 is 0 Å². The quantitative estimate of drug-likeness (QED) is 0.244. The SMILES string of the molecule is CN(C)S(=O)(=O)c1cccc(-c2nn(-c3ccccc3)cc2C=C2SC(=S)N(CCS(=O)(=O)O)C2=O)c1. The minimum absolute atomic E-state index is 0.0896. The minimum Gasteiger partial charge on any atom is -0.292 e. The largest absolute Gasteiger partial charge is 0.292 e. The molecule has 1 amide bonds. The average molecular weight is 579 g/mol. The molecule has 0 aliphatic carbocycles. The number of rotatable bonds is 8. The molecule has 4 rings (SSSR count). The second-order valence-electron chi connectivity index (χ2n) is 8.15. The lowest BCUT2D eigenvalue weighted by Crippen LogP contribution is -2.32.